The van der Waals surface area contributed by atoms with Gasteiger partial charge < -0.3 is 15.4 Å². The van der Waals surface area contributed by atoms with Crippen molar-refractivity contribution in [1.82, 2.24) is 4.90 Å². The summed E-state index contributed by atoms with van der Waals surface area (Å²) in [5, 5.41) is 0. The molecule has 1 saturated heterocycles. The summed E-state index contributed by atoms with van der Waals surface area (Å²) in [7, 11) is 2.11. The van der Waals surface area contributed by atoms with Gasteiger partial charge in [0, 0.05) is 13.1 Å². The second kappa shape index (κ2) is 8.97. The molecule has 0 spiro atoms. The van der Waals surface area contributed by atoms with Crippen molar-refractivity contribution in [3.05, 3.63) is 0 Å². The van der Waals surface area contributed by atoms with Crippen molar-refractivity contribution in [2.75, 3.05) is 39.9 Å². The SMILES string of the molecule is CCCCN.CN1CCOCC1. The minimum atomic E-state index is 0.844. The Balaban J connectivity index is 0.000000217. The molecule has 0 amide bonds. The van der Waals surface area contributed by atoms with Crippen molar-refractivity contribution in [3.63, 3.8) is 0 Å². The molecule has 0 aromatic rings. The number of rotatable bonds is 2. The van der Waals surface area contributed by atoms with Crippen molar-refractivity contribution in [3.8, 4) is 0 Å². The Kier molecular flexibility index (Phi) is 8.88. The first-order valence-electron chi connectivity index (χ1n) is 4.77. The molecule has 1 heterocycles. The molecule has 0 radical (unpaired) electrons. The van der Waals surface area contributed by atoms with Gasteiger partial charge in [-0.25, -0.2) is 0 Å². The third-order valence-electron chi connectivity index (χ3n) is 1.79. The van der Waals surface area contributed by atoms with E-state index in [9.17, 15) is 0 Å². The van der Waals surface area contributed by atoms with Crippen LogP contribution in [0.15, 0.2) is 0 Å². The fourth-order valence-electron chi connectivity index (χ4n) is 0.859. The van der Waals surface area contributed by atoms with Crippen LogP contribution in [0.3, 0.4) is 0 Å². The zero-order valence-electron chi connectivity index (χ0n) is 8.38. The van der Waals surface area contributed by atoms with E-state index in [-0.39, 0.29) is 0 Å². The zero-order chi connectivity index (χ0) is 9.23. The number of hydrogen-bond acceptors (Lipinski definition) is 3. The molecule has 3 heteroatoms. The van der Waals surface area contributed by atoms with E-state index in [1.54, 1.807) is 0 Å². The Bertz CT molecular complexity index is 80.6. The van der Waals surface area contributed by atoms with Crippen molar-refractivity contribution < 1.29 is 4.74 Å². The molecular weight excluding hydrogens is 152 g/mol. The molecule has 1 aliphatic heterocycles. The van der Waals surface area contributed by atoms with Gasteiger partial charge in [0.15, 0.2) is 0 Å². The van der Waals surface area contributed by atoms with Gasteiger partial charge in [-0.1, -0.05) is 13.3 Å². The highest BCUT2D eigenvalue weighted by atomic mass is 16.5. The Hall–Kier alpha value is -0.120. The lowest BCUT2D eigenvalue weighted by molar-refractivity contribution is 0.0503. The largest absolute Gasteiger partial charge is 0.379 e. The number of hydrogen-bond donors (Lipinski definition) is 1. The molecule has 0 atom stereocenters. The van der Waals surface area contributed by atoms with Gasteiger partial charge in [-0.15, -0.1) is 0 Å². The molecule has 1 rings (SSSR count). The number of nitrogens with zero attached hydrogens (tertiary/aromatic N) is 1. The van der Waals surface area contributed by atoms with Crippen LogP contribution in [0, 0.1) is 0 Å². The predicted octanol–water partition coefficient (Wildman–Crippen LogP) is 0.694. The molecular formula is C9H22N2O. The summed E-state index contributed by atoms with van der Waals surface area (Å²) in [6.07, 6.45) is 2.39. The number of morpholine rings is 1. The van der Waals surface area contributed by atoms with Crippen molar-refractivity contribution in [2.24, 2.45) is 5.73 Å². The first kappa shape index (κ1) is 11.9. The van der Waals surface area contributed by atoms with Crippen LogP contribution in [0.2, 0.25) is 0 Å². The molecule has 1 aliphatic rings. The maximum absolute atomic E-state index is 5.14. The van der Waals surface area contributed by atoms with Gasteiger partial charge >= 0.3 is 0 Å². The minimum Gasteiger partial charge on any atom is -0.379 e. The van der Waals surface area contributed by atoms with E-state index < -0.39 is 0 Å². The second-order valence-electron chi connectivity index (χ2n) is 3.06. The molecule has 0 aromatic carbocycles. The number of nitrogens with two attached hydrogens (primary N) is 1. The fraction of sp³-hybridized carbons (Fsp3) is 1.00. The molecule has 0 aromatic heterocycles. The predicted molar refractivity (Wildman–Crippen MR) is 52.3 cm³/mol. The topological polar surface area (TPSA) is 38.5 Å². The van der Waals surface area contributed by atoms with Crippen LogP contribution in [-0.2, 0) is 4.74 Å². The molecule has 0 saturated carbocycles. The Morgan fingerprint density at radius 1 is 1.33 bits per heavy atom. The first-order chi connectivity index (χ1) is 5.81. The molecule has 0 unspecified atom stereocenters. The molecule has 74 valence electrons. The maximum atomic E-state index is 5.14. The molecule has 3 nitrogen and oxygen atoms in total. The highest BCUT2D eigenvalue weighted by Crippen LogP contribution is 1.89. The molecule has 0 bridgehead atoms. The lowest BCUT2D eigenvalue weighted by atomic mass is 10.3. The van der Waals surface area contributed by atoms with Gasteiger partial charge in [0.05, 0.1) is 13.2 Å². The van der Waals surface area contributed by atoms with E-state index in [1.807, 2.05) is 0 Å². The summed E-state index contributed by atoms with van der Waals surface area (Å²) in [5.41, 5.74) is 5.14. The average molecular weight is 174 g/mol. The summed E-state index contributed by atoms with van der Waals surface area (Å²) in [6.45, 7) is 7.00. The van der Waals surface area contributed by atoms with Crippen molar-refractivity contribution >= 4 is 0 Å². The lowest BCUT2D eigenvalue weighted by Crippen LogP contribution is -2.32. The summed E-state index contributed by atoms with van der Waals surface area (Å²) in [6, 6.07) is 0. The normalized spacial score (nSPS) is 18.2. The highest BCUT2D eigenvalue weighted by molar-refractivity contribution is 4.53. The summed E-state index contributed by atoms with van der Waals surface area (Å²) in [4.78, 5) is 2.27. The van der Waals surface area contributed by atoms with Gasteiger partial charge in [-0.3, -0.25) is 0 Å². The summed E-state index contributed by atoms with van der Waals surface area (Å²) >= 11 is 0. The standard InChI is InChI=1S/C5H11NO.C4H11N/c1-6-2-4-7-5-3-6;1-2-3-4-5/h2-5H2,1H3;2-5H2,1H3. The van der Waals surface area contributed by atoms with Gasteiger partial charge in [-0.2, -0.15) is 0 Å². The smallest absolute Gasteiger partial charge is 0.0594 e. The van der Waals surface area contributed by atoms with E-state index in [1.165, 1.54) is 12.8 Å². The van der Waals surface area contributed by atoms with Crippen LogP contribution < -0.4 is 5.73 Å². The van der Waals surface area contributed by atoms with Crippen LogP contribution >= 0.6 is 0 Å². The van der Waals surface area contributed by atoms with Crippen LogP contribution in [0.25, 0.3) is 0 Å². The maximum Gasteiger partial charge on any atom is 0.0594 e. The quantitative estimate of drug-likeness (QED) is 0.669. The summed E-state index contributed by atoms with van der Waals surface area (Å²) < 4.78 is 5.10. The monoisotopic (exact) mass is 174 g/mol. The van der Waals surface area contributed by atoms with Gasteiger partial charge in [-0.05, 0) is 20.0 Å². The molecule has 2 N–H and O–H groups in total. The Morgan fingerprint density at radius 2 is 1.92 bits per heavy atom. The van der Waals surface area contributed by atoms with Crippen LogP contribution in [0.4, 0.5) is 0 Å². The van der Waals surface area contributed by atoms with E-state index in [0.29, 0.717) is 0 Å². The number of unbranched alkanes of at least 4 members (excludes halogenated alkanes) is 1. The number of likely N-dealkylation sites (N-methyl/N-ethyl adjacent to an activating group) is 1. The van der Waals surface area contributed by atoms with E-state index in [2.05, 4.69) is 18.9 Å². The second-order valence-corrected chi connectivity index (χ2v) is 3.06. The minimum absolute atomic E-state index is 0.844. The van der Waals surface area contributed by atoms with Crippen LogP contribution in [0.1, 0.15) is 19.8 Å². The third kappa shape index (κ3) is 7.98. The molecule has 12 heavy (non-hydrogen) atoms. The highest BCUT2D eigenvalue weighted by Gasteiger charge is 2.02. The van der Waals surface area contributed by atoms with Crippen molar-refractivity contribution in [2.45, 2.75) is 19.8 Å². The van der Waals surface area contributed by atoms with Gasteiger partial charge in [0.2, 0.25) is 0 Å². The molecule has 1 fully saturated rings. The van der Waals surface area contributed by atoms with Crippen LogP contribution in [0.5, 0.6) is 0 Å². The Morgan fingerprint density at radius 3 is 2.08 bits per heavy atom. The summed E-state index contributed by atoms with van der Waals surface area (Å²) in [5.74, 6) is 0. The molecule has 0 aliphatic carbocycles. The van der Waals surface area contributed by atoms with Crippen molar-refractivity contribution in [1.29, 1.82) is 0 Å². The fourth-order valence-corrected chi connectivity index (χ4v) is 0.859. The Labute approximate surface area is 75.9 Å². The van der Waals surface area contributed by atoms with E-state index in [4.69, 9.17) is 10.5 Å². The average Bonchev–Trinajstić information content (AvgIpc) is 2.08. The van der Waals surface area contributed by atoms with E-state index in [0.717, 1.165) is 32.8 Å². The van der Waals surface area contributed by atoms with Crippen LogP contribution in [-0.4, -0.2) is 44.8 Å². The van der Waals surface area contributed by atoms with Gasteiger partial charge in [0.25, 0.3) is 0 Å². The zero-order valence-corrected chi connectivity index (χ0v) is 8.38. The van der Waals surface area contributed by atoms with Gasteiger partial charge in [0.1, 0.15) is 0 Å². The number of ether oxygens (including phenoxy) is 1. The van der Waals surface area contributed by atoms with E-state index >= 15 is 0 Å². The first-order valence-corrected chi connectivity index (χ1v) is 4.77. The lowest BCUT2D eigenvalue weighted by Gasteiger charge is -2.21. The third-order valence-corrected chi connectivity index (χ3v) is 1.79.